The van der Waals surface area contributed by atoms with Gasteiger partial charge in [-0.25, -0.2) is 8.42 Å². The highest BCUT2D eigenvalue weighted by atomic mass is 32.2. The van der Waals surface area contributed by atoms with Crippen molar-refractivity contribution in [2.45, 2.75) is 49.7 Å². The number of hydrogen-bond acceptors (Lipinski definition) is 6. The molecule has 0 bridgehead atoms. The summed E-state index contributed by atoms with van der Waals surface area (Å²) >= 11 is 0. The van der Waals surface area contributed by atoms with Gasteiger partial charge in [0.25, 0.3) is 5.69 Å². The van der Waals surface area contributed by atoms with Gasteiger partial charge in [-0.05, 0) is 44.2 Å². The Hall–Kier alpha value is -2.49. The Bertz CT molecular complexity index is 1060. The number of nitrogens with zero attached hydrogens (tertiary/aromatic N) is 3. The molecule has 2 heterocycles. The van der Waals surface area contributed by atoms with Gasteiger partial charge in [0.15, 0.2) is 0 Å². The number of morpholine rings is 1. The number of ether oxygens (including phenoxy) is 1. The van der Waals surface area contributed by atoms with Gasteiger partial charge in [0.1, 0.15) is 4.90 Å². The highest BCUT2D eigenvalue weighted by Gasteiger charge is 2.36. The van der Waals surface area contributed by atoms with Crippen LogP contribution in [0.2, 0.25) is 0 Å². The van der Waals surface area contributed by atoms with Crippen molar-refractivity contribution in [1.29, 1.82) is 0 Å². The number of nitro benzene ring substituents is 1. The number of piperidine rings is 1. The van der Waals surface area contributed by atoms with Crippen molar-refractivity contribution in [3.8, 4) is 0 Å². The molecule has 0 unspecified atom stereocenters. The number of benzene rings is 2. The van der Waals surface area contributed by atoms with Crippen LogP contribution in [0.1, 0.15) is 38.2 Å². The van der Waals surface area contributed by atoms with E-state index in [1.54, 1.807) is 6.07 Å². The van der Waals surface area contributed by atoms with Crippen LogP contribution in [0.4, 0.5) is 11.4 Å². The summed E-state index contributed by atoms with van der Waals surface area (Å²) in [6.45, 7) is 5.50. The molecule has 2 fully saturated rings. The Morgan fingerprint density at radius 2 is 1.62 bits per heavy atom. The van der Waals surface area contributed by atoms with Crippen LogP contribution >= 0.6 is 0 Å². The van der Waals surface area contributed by atoms with Crippen LogP contribution in [-0.2, 0) is 14.8 Å². The number of sulfonamides is 1. The van der Waals surface area contributed by atoms with Crippen LogP contribution in [-0.4, -0.2) is 56.0 Å². The van der Waals surface area contributed by atoms with Crippen LogP contribution < -0.4 is 4.90 Å². The standard InChI is InChI=1S/C23H29N3O5S/c1-17-15-25(16-18(2)31-17)32(29,30)23-14-21(26(27)28)8-9-22(23)24-12-10-20(11-13-24)19-6-4-3-5-7-19/h3-9,14,17-18,20H,10-13,15-16H2,1-2H3/t17-,18+. The fraction of sp³-hybridized carbons (Fsp3) is 0.478. The van der Waals surface area contributed by atoms with Gasteiger partial charge < -0.3 is 9.64 Å². The molecule has 0 aliphatic carbocycles. The van der Waals surface area contributed by atoms with Crippen LogP contribution in [0, 0.1) is 10.1 Å². The van der Waals surface area contributed by atoms with Gasteiger partial charge in [-0.2, -0.15) is 4.31 Å². The van der Waals surface area contributed by atoms with Gasteiger partial charge in [0.2, 0.25) is 10.0 Å². The Morgan fingerprint density at radius 3 is 2.22 bits per heavy atom. The normalized spacial score (nSPS) is 23.2. The highest BCUT2D eigenvalue weighted by Crippen LogP contribution is 2.36. The highest BCUT2D eigenvalue weighted by molar-refractivity contribution is 7.89. The summed E-state index contributed by atoms with van der Waals surface area (Å²) in [5.41, 5.74) is 1.61. The van der Waals surface area contributed by atoms with E-state index in [4.69, 9.17) is 4.74 Å². The fourth-order valence-electron chi connectivity index (χ4n) is 4.73. The molecule has 0 aromatic heterocycles. The lowest BCUT2D eigenvalue weighted by molar-refractivity contribution is -0.385. The van der Waals surface area contributed by atoms with Crippen LogP contribution in [0.5, 0.6) is 0 Å². The lowest BCUT2D eigenvalue weighted by Crippen LogP contribution is -2.48. The molecule has 2 atom stereocenters. The third kappa shape index (κ3) is 4.65. The fourth-order valence-corrected chi connectivity index (χ4v) is 6.55. The second-order valence-corrected chi connectivity index (χ2v) is 10.6. The molecule has 2 aromatic rings. The number of nitro groups is 1. The second-order valence-electron chi connectivity index (χ2n) is 8.66. The third-order valence-electron chi connectivity index (χ3n) is 6.26. The molecule has 172 valence electrons. The van der Waals surface area contributed by atoms with E-state index in [1.807, 2.05) is 36.9 Å². The van der Waals surface area contributed by atoms with Gasteiger partial charge in [-0.15, -0.1) is 0 Å². The van der Waals surface area contributed by atoms with Crippen molar-refractivity contribution < 1.29 is 18.1 Å². The first-order chi connectivity index (χ1) is 15.3. The minimum atomic E-state index is -3.92. The molecule has 0 spiro atoms. The molecule has 9 heteroatoms. The van der Waals surface area contributed by atoms with Crippen LogP contribution in [0.25, 0.3) is 0 Å². The quantitative estimate of drug-likeness (QED) is 0.499. The molecule has 8 nitrogen and oxygen atoms in total. The minimum absolute atomic E-state index is 0.00570. The molecule has 2 aromatic carbocycles. The van der Waals surface area contributed by atoms with Gasteiger partial charge >= 0.3 is 0 Å². The molecule has 2 saturated heterocycles. The molecular formula is C23H29N3O5S. The first-order valence-corrected chi connectivity index (χ1v) is 12.4. The van der Waals surface area contributed by atoms with E-state index in [0.717, 1.165) is 12.8 Å². The van der Waals surface area contributed by atoms with E-state index in [0.29, 0.717) is 24.7 Å². The van der Waals surface area contributed by atoms with E-state index in [2.05, 4.69) is 12.1 Å². The third-order valence-corrected chi connectivity index (χ3v) is 8.13. The lowest BCUT2D eigenvalue weighted by Gasteiger charge is -2.37. The van der Waals surface area contributed by atoms with Crippen LogP contribution in [0.3, 0.4) is 0 Å². The number of non-ortho nitro benzene ring substituents is 1. The maximum Gasteiger partial charge on any atom is 0.270 e. The summed E-state index contributed by atoms with van der Waals surface area (Å²) in [5, 5.41) is 11.4. The summed E-state index contributed by atoms with van der Waals surface area (Å²) in [6.07, 6.45) is 1.31. The predicted molar refractivity (Wildman–Crippen MR) is 122 cm³/mol. The summed E-state index contributed by atoms with van der Waals surface area (Å²) in [6, 6.07) is 14.5. The summed E-state index contributed by atoms with van der Waals surface area (Å²) in [5.74, 6) is 0.423. The summed E-state index contributed by atoms with van der Waals surface area (Å²) in [4.78, 5) is 12.9. The van der Waals surface area contributed by atoms with Crippen molar-refractivity contribution in [3.63, 3.8) is 0 Å². The van der Waals surface area contributed by atoms with Crippen molar-refractivity contribution in [3.05, 3.63) is 64.2 Å². The lowest BCUT2D eigenvalue weighted by atomic mass is 9.89. The topological polar surface area (TPSA) is 93.0 Å². The van der Waals surface area contributed by atoms with Gasteiger partial charge in [-0.3, -0.25) is 10.1 Å². The second kappa shape index (κ2) is 9.17. The molecule has 0 N–H and O–H groups in total. The van der Waals surface area contributed by atoms with Gasteiger partial charge in [-0.1, -0.05) is 30.3 Å². The first kappa shape index (κ1) is 22.7. The molecule has 0 amide bonds. The zero-order valence-electron chi connectivity index (χ0n) is 18.4. The molecule has 2 aliphatic rings. The van der Waals surface area contributed by atoms with E-state index in [-0.39, 0.29) is 35.9 Å². The zero-order chi connectivity index (χ0) is 22.9. The van der Waals surface area contributed by atoms with Crippen molar-refractivity contribution in [1.82, 2.24) is 4.31 Å². The van der Waals surface area contributed by atoms with Crippen molar-refractivity contribution >= 4 is 21.4 Å². The molecule has 32 heavy (non-hydrogen) atoms. The average molecular weight is 460 g/mol. The minimum Gasteiger partial charge on any atom is -0.373 e. The monoisotopic (exact) mass is 459 g/mol. The van der Waals surface area contributed by atoms with E-state index < -0.39 is 14.9 Å². The maximum atomic E-state index is 13.6. The largest absolute Gasteiger partial charge is 0.373 e. The average Bonchev–Trinajstić information content (AvgIpc) is 2.78. The Kier molecular flexibility index (Phi) is 6.50. The Balaban J connectivity index is 1.64. The number of anilines is 1. The molecule has 4 rings (SSSR count). The van der Waals surface area contributed by atoms with Crippen molar-refractivity contribution in [2.75, 3.05) is 31.1 Å². The number of hydrogen-bond donors (Lipinski definition) is 0. The van der Waals surface area contributed by atoms with E-state index in [9.17, 15) is 18.5 Å². The predicted octanol–water partition coefficient (Wildman–Crippen LogP) is 3.78. The molecular weight excluding hydrogens is 430 g/mol. The van der Waals surface area contributed by atoms with Gasteiger partial charge in [0, 0.05) is 38.3 Å². The van der Waals surface area contributed by atoms with Gasteiger partial charge in [0.05, 0.1) is 22.8 Å². The van der Waals surface area contributed by atoms with E-state index in [1.165, 1.54) is 22.0 Å². The molecule has 2 aliphatic heterocycles. The molecule has 0 saturated carbocycles. The van der Waals surface area contributed by atoms with Crippen LogP contribution in [0.15, 0.2) is 53.4 Å². The van der Waals surface area contributed by atoms with Crippen molar-refractivity contribution in [2.24, 2.45) is 0 Å². The SMILES string of the molecule is C[C@@H]1CN(S(=O)(=O)c2cc([N+](=O)[O-])ccc2N2CCC(c3ccccc3)CC2)C[C@H](C)O1. The zero-order valence-corrected chi connectivity index (χ0v) is 19.2. The van der Waals surface area contributed by atoms with E-state index >= 15 is 0 Å². The Labute approximate surface area is 189 Å². The summed E-state index contributed by atoms with van der Waals surface area (Å²) in [7, 11) is -3.92. The number of rotatable bonds is 5. The maximum absolute atomic E-state index is 13.6. The first-order valence-electron chi connectivity index (χ1n) is 11.0. The molecule has 0 radical (unpaired) electrons. The Morgan fingerprint density at radius 1 is 1.00 bits per heavy atom. The smallest absolute Gasteiger partial charge is 0.270 e. The summed E-state index contributed by atoms with van der Waals surface area (Å²) < 4.78 is 34.3.